The number of hydrogen-bond acceptors (Lipinski definition) is 2. The first-order valence-corrected chi connectivity index (χ1v) is 7.58. The highest BCUT2D eigenvalue weighted by molar-refractivity contribution is 9.10. The van der Waals surface area contributed by atoms with Crippen LogP contribution in [0.1, 0.15) is 30.4 Å². The van der Waals surface area contributed by atoms with Crippen molar-refractivity contribution in [3.8, 4) is 0 Å². The maximum Gasteiger partial charge on any atom is 0.0494 e. The lowest BCUT2D eigenvalue weighted by Crippen LogP contribution is -2.17. The van der Waals surface area contributed by atoms with E-state index in [2.05, 4.69) is 46.4 Å². The van der Waals surface area contributed by atoms with Crippen LogP contribution < -0.4 is 5.32 Å². The van der Waals surface area contributed by atoms with Gasteiger partial charge in [0.25, 0.3) is 0 Å². The first-order valence-electron chi connectivity index (χ1n) is 6.79. The van der Waals surface area contributed by atoms with Crippen molar-refractivity contribution < 1.29 is 4.74 Å². The van der Waals surface area contributed by atoms with Crippen molar-refractivity contribution in [2.24, 2.45) is 5.92 Å². The van der Waals surface area contributed by atoms with Crippen molar-refractivity contribution in [1.82, 2.24) is 5.32 Å². The Morgan fingerprint density at radius 3 is 2.94 bits per heavy atom. The van der Waals surface area contributed by atoms with Crippen molar-refractivity contribution in [3.05, 3.63) is 33.8 Å². The number of benzene rings is 1. The molecule has 0 heterocycles. The fraction of sp³-hybridized carbons (Fsp3) is 0.600. The molecule has 1 fully saturated rings. The van der Waals surface area contributed by atoms with Gasteiger partial charge in [-0.1, -0.05) is 28.1 Å². The van der Waals surface area contributed by atoms with Gasteiger partial charge in [0.05, 0.1) is 0 Å². The predicted octanol–water partition coefficient (Wildman–Crippen LogP) is 3.66. The number of ether oxygens (including phenoxy) is 1. The summed E-state index contributed by atoms with van der Waals surface area (Å²) < 4.78 is 6.79. The van der Waals surface area contributed by atoms with Gasteiger partial charge in [-0.3, -0.25) is 0 Å². The molecule has 0 aromatic heterocycles. The van der Waals surface area contributed by atoms with Gasteiger partial charge in [-0.05, 0) is 55.8 Å². The van der Waals surface area contributed by atoms with Gasteiger partial charge in [-0.25, -0.2) is 0 Å². The van der Waals surface area contributed by atoms with Crippen molar-refractivity contribution in [3.63, 3.8) is 0 Å². The van der Waals surface area contributed by atoms with E-state index in [0.29, 0.717) is 0 Å². The van der Waals surface area contributed by atoms with Crippen LogP contribution >= 0.6 is 15.9 Å². The van der Waals surface area contributed by atoms with Crippen molar-refractivity contribution in [2.45, 2.75) is 32.7 Å². The molecule has 1 aromatic carbocycles. The van der Waals surface area contributed by atoms with E-state index in [9.17, 15) is 0 Å². The number of hydrogen-bond donors (Lipinski definition) is 1. The summed E-state index contributed by atoms with van der Waals surface area (Å²) in [6, 6.07) is 6.49. The minimum absolute atomic E-state index is 0.876. The largest absolute Gasteiger partial charge is 0.381 e. The Labute approximate surface area is 118 Å². The zero-order valence-corrected chi connectivity index (χ0v) is 12.6. The molecule has 0 saturated heterocycles. The lowest BCUT2D eigenvalue weighted by atomic mass is 10.1. The molecule has 18 heavy (non-hydrogen) atoms. The molecule has 0 unspecified atom stereocenters. The van der Waals surface area contributed by atoms with E-state index in [0.717, 1.165) is 38.6 Å². The number of halogens is 1. The molecule has 3 heteroatoms. The number of aryl methyl sites for hydroxylation is 1. The smallest absolute Gasteiger partial charge is 0.0494 e. The average molecular weight is 312 g/mol. The van der Waals surface area contributed by atoms with E-state index < -0.39 is 0 Å². The summed E-state index contributed by atoms with van der Waals surface area (Å²) in [5.74, 6) is 0.876. The molecule has 1 N–H and O–H groups in total. The first-order chi connectivity index (χ1) is 8.75. The van der Waals surface area contributed by atoms with Gasteiger partial charge in [0.15, 0.2) is 0 Å². The summed E-state index contributed by atoms with van der Waals surface area (Å²) in [6.07, 6.45) is 3.84. The number of nitrogens with one attached hydrogen (secondary N) is 1. The summed E-state index contributed by atoms with van der Waals surface area (Å²) >= 11 is 3.60. The minimum Gasteiger partial charge on any atom is -0.381 e. The summed E-state index contributed by atoms with van der Waals surface area (Å²) in [6.45, 7) is 5.91. The SMILES string of the molecule is Cc1ccc(CNCCCOCC2CC2)c(Br)c1. The van der Waals surface area contributed by atoms with Crippen LogP contribution in [0.25, 0.3) is 0 Å². The van der Waals surface area contributed by atoms with E-state index in [-0.39, 0.29) is 0 Å². The summed E-state index contributed by atoms with van der Waals surface area (Å²) in [7, 11) is 0. The Balaban J connectivity index is 1.53. The van der Waals surface area contributed by atoms with Crippen LogP contribution in [0, 0.1) is 12.8 Å². The molecule has 0 atom stereocenters. The lowest BCUT2D eigenvalue weighted by molar-refractivity contribution is 0.122. The molecule has 0 amide bonds. The topological polar surface area (TPSA) is 21.3 Å². The Hall–Kier alpha value is -0.380. The van der Waals surface area contributed by atoms with Gasteiger partial charge in [-0.2, -0.15) is 0 Å². The van der Waals surface area contributed by atoms with E-state index in [1.807, 2.05) is 0 Å². The molecule has 1 aromatic rings. The Morgan fingerprint density at radius 1 is 1.39 bits per heavy atom. The third-order valence-electron chi connectivity index (χ3n) is 3.22. The lowest BCUT2D eigenvalue weighted by Gasteiger charge is -2.08. The fourth-order valence-electron chi connectivity index (χ4n) is 1.85. The molecule has 1 saturated carbocycles. The van der Waals surface area contributed by atoms with Gasteiger partial charge in [0.2, 0.25) is 0 Å². The van der Waals surface area contributed by atoms with E-state index in [1.54, 1.807) is 0 Å². The summed E-state index contributed by atoms with van der Waals surface area (Å²) in [5.41, 5.74) is 2.61. The molecule has 0 bridgehead atoms. The van der Waals surface area contributed by atoms with Crippen LogP contribution in [0.3, 0.4) is 0 Å². The van der Waals surface area contributed by atoms with Gasteiger partial charge < -0.3 is 10.1 Å². The molecule has 0 aliphatic heterocycles. The third kappa shape index (κ3) is 5.09. The van der Waals surface area contributed by atoms with Gasteiger partial charge in [-0.15, -0.1) is 0 Å². The monoisotopic (exact) mass is 311 g/mol. The molecular formula is C15H22BrNO. The second kappa shape index (κ2) is 7.27. The second-order valence-corrected chi connectivity index (χ2v) is 6.00. The van der Waals surface area contributed by atoms with Crippen molar-refractivity contribution >= 4 is 15.9 Å². The third-order valence-corrected chi connectivity index (χ3v) is 3.95. The zero-order chi connectivity index (χ0) is 12.8. The molecule has 2 nitrogen and oxygen atoms in total. The second-order valence-electron chi connectivity index (χ2n) is 5.14. The molecular weight excluding hydrogens is 290 g/mol. The van der Waals surface area contributed by atoms with Gasteiger partial charge >= 0.3 is 0 Å². The fourth-order valence-corrected chi connectivity index (χ4v) is 2.49. The quantitative estimate of drug-likeness (QED) is 0.740. The van der Waals surface area contributed by atoms with E-state index >= 15 is 0 Å². The van der Waals surface area contributed by atoms with Crippen LogP contribution in [0.4, 0.5) is 0 Å². The summed E-state index contributed by atoms with van der Waals surface area (Å²) in [5, 5.41) is 3.46. The molecule has 0 spiro atoms. The first kappa shape index (κ1) is 14.0. The average Bonchev–Trinajstić information content (AvgIpc) is 3.14. The zero-order valence-electron chi connectivity index (χ0n) is 11.0. The highest BCUT2D eigenvalue weighted by Gasteiger charge is 2.20. The molecule has 0 radical (unpaired) electrons. The predicted molar refractivity (Wildman–Crippen MR) is 78.7 cm³/mol. The highest BCUT2D eigenvalue weighted by atomic mass is 79.9. The number of rotatable bonds is 8. The minimum atomic E-state index is 0.876. The Kier molecular flexibility index (Phi) is 5.67. The maximum atomic E-state index is 5.60. The van der Waals surface area contributed by atoms with Crippen LogP contribution in [0.2, 0.25) is 0 Å². The Bertz CT molecular complexity index is 377. The van der Waals surface area contributed by atoms with Gasteiger partial charge in [0.1, 0.15) is 0 Å². The van der Waals surface area contributed by atoms with Crippen LogP contribution in [0.15, 0.2) is 22.7 Å². The molecule has 1 aliphatic rings. The highest BCUT2D eigenvalue weighted by Crippen LogP contribution is 2.28. The Morgan fingerprint density at radius 2 is 2.22 bits per heavy atom. The maximum absolute atomic E-state index is 5.60. The van der Waals surface area contributed by atoms with E-state index in [1.165, 1.54) is 28.4 Å². The standard InChI is InChI=1S/C15H22BrNO/c1-12-3-6-14(15(16)9-12)10-17-7-2-8-18-11-13-4-5-13/h3,6,9,13,17H,2,4-5,7-8,10-11H2,1H3. The van der Waals surface area contributed by atoms with E-state index in [4.69, 9.17) is 4.74 Å². The summed E-state index contributed by atoms with van der Waals surface area (Å²) in [4.78, 5) is 0. The van der Waals surface area contributed by atoms with Crippen LogP contribution in [-0.4, -0.2) is 19.8 Å². The molecule has 100 valence electrons. The van der Waals surface area contributed by atoms with Crippen molar-refractivity contribution in [1.29, 1.82) is 0 Å². The van der Waals surface area contributed by atoms with Crippen LogP contribution in [-0.2, 0) is 11.3 Å². The molecule has 1 aliphatic carbocycles. The van der Waals surface area contributed by atoms with Crippen molar-refractivity contribution in [2.75, 3.05) is 19.8 Å². The van der Waals surface area contributed by atoms with Crippen LogP contribution in [0.5, 0.6) is 0 Å². The molecule has 2 rings (SSSR count). The van der Waals surface area contributed by atoms with Gasteiger partial charge in [0, 0.05) is 24.2 Å². The normalized spacial score (nSPS) is 15.0.